The van der Waals surface area contributed by atoms with Gasteiger partial charge in [0.1, 0.15) is 42.9 Å². The maximum absolute atomic E-state index is 10.4. The van der Waals surface area contributed by atoms with Crippen LogP contribution in [0.25, 0.3) is 0 Å². The van der Waals surface area contributed by atoms with E-state index in [4.69, 9.17) is 28.6 Å². The summed E-state index contributed by atoms with van der Waals surface area (Å²) in [4.78, 5) is 0. The Morgan fingerprint density at radius 3 is 2.47 bits per heavy atom. The van der Waals surface area contributed by atoms with Crippen LogP contribution < -0.4 is 4.74 Å². The summed E-state index contributed by atoms with van der Waals surface area (Å²) >= 11 is 6.39. The molecule has 1 saturated heterocycles. The van der Waals surface area contributed by atoms with E-state index in [-0.39, 0.29) is 12.7 Å². The Hall–Kier alpha value is -1.71. The predicted molar refractivity (Wildman–Crippen MR) is 118 cm³/mol. The Kier molecular flexibility index (Phi) is 6.83. The van der Waals surface area contributed by atoms with Crippen molar-refractivity contribution in [2.75, 3.05) is 19.8 Å². The van der Waals surface area contributed by atoms with E-state index < -0.39 is 43.7 Å². The van der Waals surface area contributed by atoms with E-state index in [0.717, 1.165) is 24.0 Å². The van der Waals surface area contributed by atoms with E-state index in [0.29, 0.717) is 22.8 Å². The SMILES string of the molecule is [2H]C([2H])(COc1ccc(Cc2cc([C@@H]3O[C@H](CO)[C@@H](O)[C@H](O)[C@H]3O)ccc2Cl)cc1)OC1CC1. The molecule has 4 rings (SSSR count). The van der Waals surface area contributed by atoms with Gasteiger partial charge in [-0.15, -0.1) is 0 Å². The van der Waals surface area contributed by atoms with Crippen LogP contribution in [0.4, 0.5) is 0 Å². The summed E-state index contributed by atoms with van der Waals surface area (Å²) in [6, 6.07) is 12.3. The minimum atomic E-state index is -1.84. The van der Waals surface area contributed by atoms with Crippen molar-refractivity contribution in [2.45, 2.75) is 55.9 Å². The summed E-state index contributed by atoms with van der Waals surface area (Å²) in [6.07, 6.45) is -3.94. The van der Waals surface area contributed by atoms with Gasteiger partial charge in [-0.3, -0.25) is 0 Å². The molecular weight excluding hydrogens is 436 g/mol. The van der Waals surface area contributed by atoms with Crippen LogP contribution in [0.1, 0.15) is 38.4 Å². The van der Waals surface area contributed by atoms with Gasteiger partial charge in [-0.1, -0.05) is 35.9 Å². The maximum Gasteiger partial charge on any atom is 0.119 e. The molecule has 174 valence electrons. The third-order valence-electron chi connectivity index (χ3n) is 5.68. The van der Waals surface area contributed by atoms with Gasteiger partial charge in [-0.2, -0.15) is 0 Å². The molecule has 1 aliphatic carbocycles. The Labute approximate surface area is 194 Å². The second-order valence-electron chi connectivity index (χ2n) is 8.17. The molecule has 0 bridgehead atoms. The lowest BCUT2D eigenvalue weighted by Gasteiger charge is -2.40. The third kappa shape index (κ3) is 5.61. The van der Waals surface area contributed by atoms with Gasteiger partial charge >= 0.3 is 0 Å². The van der Waals surface area contributed by atoms with Gasteiger partial charge in [0, 0.05) is 5.02 Å². The van der Waals surface area contributed by atoms with Gasteiger partial charge in [0.05, 0.1) is 22.0 Å². The molecule has 0 spiro atoms. The Balaban J connectivity index is 1.42. The van der Waals surface area contributed by atoms with Gasteiger partial charge < -0.3 is 34.6 Å². The van der Waals surface area contributed by atoms with Crippen LogP contribution >= 0.6 is 11.6 Å². The first kappa shape index (κ1) is 20.9. The largest absolute Gasteiger partial charge is 0.491 e. The summed E-state index contributed by atoms with van der Waals surface area (Å²) in [5.74, 6) is 0.521. The minimum absolute atomic E-state index is 0.00975. The molecule has 0 radical (unpaired) electrons. The van der Waals surface area contributed by atoms with E-state index >= 15 is 0 Å². The highest BCUT2D eigenvalue weighted by atomic mass is 35.5. The first-order chi connectivity index (χ1) is 16.2. The number of hydrogen-bond acceptors (Lipinski definition) is 7. The topological polar surface area (TPSA) is 109 Å². The summed E-state index contributed by atoms with van der Waals surface area (Å²) < 4.78 is 32.2. The quantitative estimate of drug-likeness (QED) is 0.447. The standard InChI is InChI=1S/C24H29ClO7/c25-19-8-3-15(24-23(29)22(28)21(27)20(13-26)32-24)12-16(19)11-14-1-4-17(5-2-14)30-9-10-31-18-6-7-18/h1-5,8,12,18,20-24,26-29H,6-7,9-11,13H2/t20-,21-,22+,23-,24+/m1/s1/i10D2. The van der Waals surface area contributed by atoms with Crippen molar-refractivity contribution in [3.05, 3.63) is 64.2 Å². The van der Waals surface area contributed by atoms with E-state index in [9.17, 15) is 20.4 Å². The van der Waals surface area contributed by atoms with Crippen LogP contribution in [-0.4, -0.2) is 70.7 Å². The maximum atomic E-state index is 10.4. The molecule has 2 aromatic carbocycles. The molecule has 4 N–H and O–H groups in total. The molecule has 8 heteroatoms. The fourth-order valence-corrected chi connectivity index (χ4v) is 3.84. The van der Waals surface area contributed by atoms with Crippen molar-refractivity contribution in [3.63, 3.8) is 0 Å². The first-order valence-electron chi connectivity index (χ1n) is 11.7. The van der Waals surface area contributed by atoms with Crippen molar-refractivity contribution in [1.82, 2.24) is 0 Å². The highest BCUT2D eigenvalue weighted by Gasteiger charge is 2.44. The molecule has 0 amide bonds. The molecule has 1 saturated carbocycles. The molecule has 0 unspecified atom stereocenters. The number of hydrogen-bond donors (Lipinski definition) is 4. The Morgan fingerprint density at radius 2 is 1.78 bits per heavy atom. The average molecular weight is 467 g/mol. The summed E-state index contributed by atoms with van der Waals surface area (Å²) in [7, 11) is 0. The van der Waals surface area contributed by atoms with Crippen LogP contribution in [0, 0.1) is 0 Å². The van der Waals surface area contributed by atoms with Gasteiger partial charge in [0.15, 0.2) is 0 Å². The first-order valence-corrected chi connectivity index (χ1v) is 11.0. The third-order valence-corrected chi connectivity index (χ3v) is 6.05. The van der Waals surface area contributed by atoms with Crippen molar-refractivity contribution in [1.29, 1.82) is 0 Å². The van der Waals surface area contributed by atoms with Crippen LogP contribution in [0.2, 0.25) is 5.02 Å². The zero-order valence-corrected chi connectivity index (χ0v) is 18.2. The van der Waals surface area contributed by atoms with Crippen molar-refractivity contribution in [2.24, 2.45) is 0 Å². The lowest BCUT2D eigenvalue weighted by Crippen LogP contribution is -2.55. The van der Waals surface area contributed by atoms with Gasteiger partial charge in [0.25, 0.3) is 0 Å². The molecule has 2 fully saturated rings. The highest BCUT2D eigenvalue weighted by molar-refractivity contribution is 6.31. The van der Waals surface area contributed by atoms with Crippen LogP contribution in [-0.2, 0) is 15.9 Å². The van der Waals surface area contributed by atoms with E-state index in [1.165, 1.54) is 0 Å². The second-order valence-corrected chi connectivity index (χ2v) is 8.58. The monoisotopic (exact) mass is 466 g/mol. The number of rotatable bonds is 9. The molecule has 0 aromatic heterocycles. The van der Waals surface area contributed by atoms with Crippen molar-refractivity contribution >= 4 is 11.6 Å². The van der Waals surface area contributed by atoms with Gasteiger partial charge in [-0.25, -0.2) is 0 Å². The molecule has 32 heavy (non-hydrogen) atoms. The van der Waals surface area contributed by atoms with Gasteiger partial charge in [-0.05, 0) is 54.2 Å². The fraction of sp³-hybridized carbons (Fsp3) is 0.500. The summed E-state index contributed by atoms with van der Waals surface area (Å²) in [6.45, 7) is -2.53. The van der Waals surface area contributed by atoms with E-state index in [1.54, 1.807) is 30.3 Å². The summed E-state index contributed by atoms with van der Waals surface area (Å²) in [5.41, 5.74) is 2.26. The summed E-state index contributed by atoms with van der Waals surface area (Å²) in [5, 5.41) is 40.5. The fourth-order valence-electron chi connectivity index (χ4n) is 3.66. The number of halogens is 1. The lowest BCUT2D eigenvalue weighted by molar-refractivity contribution is -0.231. The second kappa shape index (κ2) is 10.5. The van der Waals surface area contributed by atoms with Gasteiger partial charge in [0.2, 0.25) is 0 Å². The molecule has 2 aromatic rings. The van der Waals surface area contributed by atoms with Crippen LogP contribution in [0.3, 0.4) is 0 Å². The van der Waals surface area contributed by atoms with Crippen LogP contribution in [0.15, 0.2) is 42.5 Å². The van der Waals surface area contributed by atoms with Crippen molar-refractivity contribution < 1.29 is 37.4 Å². The van der Waals surface area contributed by atoms with Crippen LogP contribution in [0.5, 0.6) is 5.75 Å². The zero-order chi connectivity index (χ0) is 24.5. The zero-order valence-electron chi connectivity index (χ0n) is 19.4. The molecule has 2 aliphatic rings. The van der Waals surface area contributed by atoms with E-state index in [1.807, 2.05) is 12.1 Å². The number of aliphatic hydroxyl groups is 4. The Bertz CT molecular complexity index is 968. The number of aliphatic hydroxyl groups excluding tert-OH is 4. The molecule has 1 aliphatic heterocycles. The Morgan fingerprint density at radius 1 is 1.03 bits per heavy atom. The minimum Gasteiger partial charge on any atom is -0.491 e. The molecule has 7 nitrogen and oxygen atoms in total. The number of benzene rings is 2. The molecule has 5 atom stereocenters. The molecular formula is C24H29ClO7. The predicted octanol–water partition coefficient (Wildman–Crippen LogP) is 2.00. The lowest BCUT2D eigenvalue weighted by atomic mass is 9.90. The smallest absolute Gasteiger partial charge is 0.119 e. The average Bonchev–Trinajstić information content (AvgIpc) is 3.62. The number of ether oxygens (including phenoxy) is 3. The molecule has 1 heterocycles. The van der Waals surface area contributed by atoms with E-state index in [2.05, 4.69) is 0 Å². The van der Waals surface area contributed by atoms with Crippen molar-refractivity contribution in [3.8, 4) is 5.75 Å². The highest BCUT2D eigenvalue weighted by Crippen LogP contribution is 2.34. The normalized spacial score (nSPS) is 29.3.